The molecule has 0 unspecified atom stereocenters. The van der Waals surface area contributed by atoms with Crippen LogP contribution in [0.15, 0.2) is 65.6 Å². The van der Waals surface area contributed by atoms with Gasteiger partial charge < -0.3 is 5.11 Å². The maximum Gasteiger partial charge on any atom is 0.522 e. The zero-order chi connectivity index (χ0) is 25.2. The van der Waals surface area contributed by atoms with Crippen LogP contribution in [-0.4, -0.2) is 36.6 Å². The Labute approximate surface area is 184 Å². The van der Waals surface area contributed by atoms with Gasteiger partial charge in [-0.25, -0.2) is 8.78 Å². The molecule has 0 bridgehead atoms. The van der Waals surface area contributed by atoms with Gasteiger partial charge in [-0.15, -0.1) is 0 Å². The molecule has 3 aromatic carbocycles. The molecule has 0 atom stereocenters. The van der Waals surface area contributed by atoms with Crippen molar-refractivity contribution in [3.05, 3.63) is 72.3 Å². The number of hydrogen-bond acceptors (Lipinski definition) is 5. The molecular formula is C19H13F5O7S2. The van der Waals surface area contributed by atoms with Crippen LogP contribution in [0.25, 0.3) is 22.3 Å². The van der Waals surface area contributed by atoms with Crippen molar-refractivity contribution in [3.8, 4) is 28.0 Å². The fourth-order valence-corrected chi connectivity index (χ4v) is 3.32. The predicted molar refractivity (Wildman–Crippen MR) is 106 cm³/mol. The first-order chi connectivity index (χ1) is 15.0. The van der Waals surface area contributed by atoms with Gasteiger partial charge in [0.2, 0.25) is 0 Å². The lowest BCUT2D eigenvalue weighted by molar-refractivity contribution is -0.0510. The van der Waals surface area contributed by atoms with Crippen molar-refractivity contribution in [3.63, 3.8) is 0 Å². The van der Waals surface area contributed by atoms with Crippen LogP contribution in [0, 0.1) is 11.6 Å². The Morgan fingerprint density at radius 2 is 1.00 bits per heavy atom. The third kappa shape index (κ3) is 6.47. The normalized spacial score (nSPS) is 12.1. The number of aromatic hydroxyl groups is 1. The second-order valence-electron chi connectivity index (χ2n) is 6.24. The van der Waals surface area contributed by atoms with Crippen LogP contribution in [0.1, 0.15) is 0 Å². The van der Waals surface area contributed by atoms with Gasteiger partial charge in [0.05, 0.1) is 0 Å². The molecule has 3 rings (SSSR count). The van der Waals surface area contributed by atoms with Crippen LogP contribution < -0.4 is 0 Å². The molecule has 3 N–H and O–H groups in total. The van der Waals surface area contributed by atoms with E-state index in [1.165, 1.54) is 24.3 Å². The van der Waals surface area contributed by atoms with Gasteiger partial charge in [0.15, 0.2) is 0 Å². The minimum absolute atomic E-state index is 0.00546. The van der Waals surface area contributed by atoms with E-state index in [0.29, 0.717) is 5.56 Å². The summed E-state index contributed by atoms with van der Waals surface area (Å²) in [7, 11) is -10.5. The summed E-state index contributed by atoms with van der Waals surface area (Å²) < 4.78 is 117. The molecule has 0 saturated carbocycles. The Morgan fingerprint density at radius 1 is 0.636 bits per heavy atom. The van der Waals surface area contributed by atoms with Gasteiger partial charge in [0.1, 0.15) is 22.3 Å². The van der Waals surface area contributed by atoms with Crippen LogP contribution in [0.2, 0.25) is 0 Å². The SMILES string of the molecule is O=S(=O)(O)C(F)(F)F.O=S(=O)(O)c1ccc(O)c(-c2ccc(F)cc2)c1-c1ccc(F)cc1. The Bertz CT molecular complexity index is 1350. The Morgan fingerprint density at radius 3 is 1.33 bits per heavy atom. The number of benzene rings is 3. The molecule has 14 heteroatoms. The minimum Gasteiger partial charge on any atom is -0.507 e. The molecule has 7 nitrogen and oxygen atoms in total. The van der Waals surface area contributed by atoms with Crippen molar-refractivity contribution in [2.75, 3.05) is 0 Å². The van der Waals surface area contributed by atoms with Gasteiger partial charge in [-0.3, -0.25) is 9.11 Å². The molecule has 0 aromatic heterocycles. The van der Waals surface area contributed by atoms with Gasteiger partial charge in [-0.05, 0) is 47.5 Å². The molecule has 0 aliphatic heterocycles. The van der Waals surface area contributed by atoms with Crippen molar-refractivity contribution in [2.45, 2.75) is 10.4 Å². The van der Waals surface area contributed by atoms with E-state index in [1.54, 1.807) is 0 Å². The van der Waals surface area contributed by atoms with Crippen LogP contribution >= 0.6 is 0 Å². The second-order valence-corrected chi connectivity index (χ2v) is 9.05. The van der Waals surface area contributed by atoms with Crippen molar-refractivity contribution in [1.82, 2.24) is 0 Å². The first-order valence-corrected chi connectivity index (χ1v) is 11.3. The van der Waals surface area contributed by atoms with E-state index in [1.807, 2.05) is 0 Å². The molecule has 0 radical (unpaired) electrons. The van der Waals surface area contributed by atoms with E-state index < -0.39 is 42.3 Å². The van der Waals surface area contributed by atoms with Crippen LogP contribution in [0.5, 0.6) is 5.75 Å². The van der Waals surface area contributed by atoms with E-state index in [0.717, 1.165) is 36.4 Å². The van der Waals surface area contributed by atoms with Gasteiger partial charge in [0, 0.05) is 11.1 Å². The lowest BCUT2D eigenvalue weighted by atomic mass is 9.93. The van der Waals surface area contributed by atoms with E-state index in [-0.39, 0.29) is 22.4 Å². The van der Waals surface area contributed by atoms with E-state index in [2.05, 4.69) is 0 Å². The summed E-state index contributed by atoms with van der Waals surface area (Å²) in [5.74, 6) is -1.29. The van der Waals surface area contributed by atoms with Crippen molar-refractivity contribution in [1.29, 1.82) is 0 Å². The van der Waals surface area contributed by atoms with E-state index in [4.69, 9.17) is 13.0 Å². The summed E-state index contributed by atoms with van der Waals surface area (Å²) >= 11 is 0. The second kappa shape index (κ2) is 9.43. The summed E-state index contributed by atoms with van der Waals surface area (Å²) in [6.07, 6.45) is 0. The average molecular weight is 512 g/mol. The first-order valence-electron chi connectivity index (χ1n) is 8.41. The van der Waals surface area contributed by atoms with Crippen LogP contribution in [0.3, 0.4) is 0 Å². The van der Waals surface area contributed by atoms with Crippen LogP contribution in [0.4, 0.5) is 22.0 Å². The molecule has 0 fully saturated rings. The van der Waals surface area contributed by atoms with E-state index in [9.17, 15) is 40.0 Å². The largest absolute Gasteiger partial charge is 0.522 e. The Kier molecular flexibility index (Phi) is 7.48. The van der Waals surface area contributed by atoms with Crippen molar-refractivity contribution >= 4 is 20.2 Å². The molecule has 0 heterocycles. The summed E-state index contributed by atoms with van der Waals surface area (Å²) in [6, 6.07) is 12.1. The number of phenols is 1. The standard InChI is InChI=1S/C18H12F2O4S.CHF3O3S/c19-13-5-1-11(2-6-13)17-15(21)9-10-16(25(22,23)24)18(17)12-3-7-14(20)8-4-12;2-1(3,4)8(5,6)7/h1-10,21H,(H,22,23,24);(H,5,6,7). The number of halogens is 5. The van der Waals surface area contributed by atoms with Crippen molar-refractivity contribution < 1.29 is 53.0 Å². The summed E-state index contributed by atoms with van der Waals surface area (Å²) in [4.78, 5) is -0.448. The molecule has 0 saturated heterocycles. The predicted octanol–water partition coefficient (Wildman–Crippen LogP) is 4.65. The van der Waals surface area contributed by atoms with Gasteiger partial charge in [-0.2, -0.15) is 30.0 Å². The average Bonchev–Trinajstić information content (AvgIpc) is 2.67. The minimum atomic E-state index is -5.84. The lowest BCUT2D eigenvalue weighted by Crippen LogP contribution is -2.21. The Hall–Kier alpha value is -3.07. The molecular weight excluding hydrogens is 499 g/mol. The summed E-state index contributed by atoms with van der Waals surface area (Å²) in [5.41, 5.74) is -4.85. The zero-order valence-corrected chi connectivity index (χ0v) is 17.6. The fourth-order valence-electron chi connectivity index (χ4n) is 2.60. The molecule has 178 valence electrons. The molecule has 0 aliphatic rings. The molecule has 3 aromatic rings. The van der Waals surface area contributed by atoms with Gasteiger partial charge in [-0.1, -0.05) is 24.3 Å². The number of alkyl halides is 3. The quantitative estimate of drug-likeness (QED) is 0.265. The molecule has 0 amide bonds. The third-order valence-corrected chi connectivity index (χ3v) is 5.46. The molecule has 33 heavy (non-hydrogen) atoms. The topological polar surface area (TPSA) is 129 Å². The fraction of sp³-hybridized carbons (Fsp3) is 0.0526. The summed E-state index contributed by atoms with van der Waals surface area (Å²) in [6.45, 7) is 0. The highest BCUT2D eigenvalue weighted by atomic mass is 32.2. The lowest BCUT2D eigenvalue weighted by Gasteiger charge is -2.16. The number of phenolic OH excluding ortho intramolecular Hbond substituents is 1. The van der Waals surface area contributed by atoms with E-state index >= 15 is 0 Å². The zero-order valence-electron chi connectivity index (χ0n) is 16.0. The number of hydrogen-bond donors (Lipinski definition) is 3. The molecule has 0 spiro atoms. The smallest absolute Gasteiger partial charge is 0.507 e. The van der Waals surface area contributed by atoms with Gasteiger partial charge in [0.25, 0.3) is 10.1 Å². The van der Waals surface area contributed by atoms with Gasteiger partial charge >= 0.3 is 15.6 Å². The van der Waals surface area contributed by atoms with Crippen molar-refractivity contribution in [2.24, 2.45) is 0 Å². The highest BCUT2D eigenvalue weighted by Gasteiger charge is 2.44. The van der Waals surface area contributed by atoms with Crippen LogP contribution in [-0.2, 0) is 20.2 Å². The highest BCUT2D eigenvalue weighted by molar-refractivity contribution is 7.86. The third-order valence-electron chi connectivity index (χ3n) is 3.98. The Balaban J connectivity index is 0.000000414. The monoisotopic (exact) mass is 512 g/mol. The summed E-state index contributed by atoms with van der Waals surface area (Å²) in [5, 5.41) is 10.3. The highest BCUT2D eigenvalue weighted by Crippen LogP contribution is 2.42. The maximum atomic E-state index is 13.2. The number of rotatable bonds is 3. The maximum absolute atomic E-state index is 13.2. The molecule has 0 aliphatic carbocycles. The first kappa shape index (κ1) is 26.2.